The molecule has 0 radical (unpaired) electrons. The first-order valence-electron chi connectivity index (χ1n) is 7.77. The summed E-state index contributed by atoms with van der Waals surface area (Å²) in [6, 6.07) is 5.63. The number of anilines is 1. The molecule has 2 aromatic rings. The first-order valence-corrected chi connectivity index (χ1v) is 7.77. The van der Waals surface area contributed by atoms with Gasteiger partial charge in [0.1, 0.15) is 5.56 Å². The number of halogens is 3. The number of aromatic carboxylic acids is 1. The van der Waals surface area contributed by atoms with Crippen LogP contribution in [0.3, 0.4) is 0 Å². The number of hydrogen-bond donors (Lipinski definition) is 2. The van der Waals surface area contributed by atoms with E-state index in [-0.39, 0.29) is 17.3 Å². The van der Waals surface area contributed by atoms with Crippen LogP contribution in [0.5, 0.6) is 0 Å². The third kappa shape index (κ3) is 3.87. The van der Waals surface area contributed by atoms with Crippen molar-refractivity contribution in [3.05, 3.63) is 41.7 Å². The SMILES string of the molecule is CCC(C)(C)C(=O)Nc1cccc(-n2ncc(C(=O)O)c2C(F)(F)F)c1. The molecule has 1 heterocycles. The van der Waals surface area contributed by atoms with Gasteiger partial charge in [0.2, 0.25) is 5.91 Å². The number of aromatic nitrogens is 2. The number of carboxylic acids is 1. The number of hydrogen-bond acceptors (Lipinski definition) is 3. The summed E-state index contributed by atoms with van der Waals surface area (Å²) >= 11 is 0. The highest BCUT2D eigenvalue weighted by Gasteiger charge is 2.40. The minimum absolute atomic E-state index is 0.0167. The highest BCUT2D eigenvalue weighted by atomic mass is 19.4. The minimum atomic E-state index is -4.91. The van der Waals surface area contributed by atoms with Crippen LogP contribution in [0.25, 0.3) is 5.69 Å². The smallest absolute Gasteiger partial charge is 0.434 e. The van der Waals surface area contributed by atoms with Crippen LogP contribution >= 0.6 is 0 Å². The van der Waals surface area contributed by atoms with Gasteiger partial charge in [-0.2, -0.15) is 18.3 Å². The Morgan fingerprint density at radius 1 is 1.27 bits per heavy atom. The molecule has 140 valence electrons. The van der Waals surface area contributed by atoms with Gasteiger partial charge in [0.05, 0.1) is 11.9 Å². The molecule has 0 aliphatic heterocycles. The Kier molecular flexibility index (Phi) is 5.11. The van der Waals surface area contributed by atoms with Crippen LogP contribution in [-0.4, -0.2) is 26.8 Å². The molecule has 0 bridgehead atoms. The lowest BCUT2D eigenvalue weighted by Gasteiger charge is -2.21. The maximum Gasteiger partial charge on any atom is 0.434 e. The third-order valence-corrected chi connectivity index (χ3v) is 4.12. The summed E-state index contributed by atoms with van der Waals surface area (Å²) in [6.45, 7) is 5.35. The van der Waals surface area contributed by atoms with Crippen molar-refractivity contribution in [3.8, 4) is 5.69 Å². The van der Waals surface area contributed by atoms with Gasteiger partial charge in [-0.25, -0.2) is 9.48 Å². The summed E-state index contributed by atoms with van der Waals surface area (Å²) in [6.07, 6.45) is -3.68. The first kappa shape index (κ1) is 19.5. The molecular weight excluding hydrogens is 351 g/mol. The van der Waals surface area contributed by atoms with Crippen LogP contribution in [0, 0.1) is 5.41 Å². The average molecular weight is 369 g/mol. The molecule has 2 rings (SSSR count). The molecule has 0 aliphatic rings. The van der Waals surface area contributed by atoms with E-state index in [1.54, 1.807) is 13.8 Å². The van der Waals surface area contributed by atoms with Crippen LogP contribution < -0.4 is 5.32 Å². The lowest BCUT2D eigenvalue weighted by molar-refractivity contribution is -0.143. The van der Waals surface area contributed by atoms with E-state index < -0.39 is 28.8 Å². The Morgan fingerprint density at radius 3 is 2.46 bits per heavy atom. The molecule has 0 saturated heterocycles. The van der Waals surface area contributed by atoms with E-state index in [9.17, 15) is 22.8 Å². The van der Waals surface area contributed by atoms with Gasteiger partial charge in [-0.1, -0.05) is 26.8 Å². The third-order valence-electron chi connectivity index (χ3n) is 4.12. The quantitative estimate of drug-likeness (QED) is 0.835. The molecule has 0 spiro atoms. The standard InChI is InChI=1S/C17H18F3N3O3/c1-4-16(2,3)15(26)22-10-6-5-7-11(8-10)23-13(17(18,19)20)12(9-21-23)14(24)25/h5-9H,4H2,1-3H3,(H,22,26)(H,24,25). The van der Waals surface area contributed by atoms with Crippen LogP contribution in [-0.2, 0) is 11.0 Å². The zero-order chi connectivity index (χ0) is 19.7. The summed E-state index contributed by atoms with van der Waals surface area (Å²) in [5.41, 5.74) is -2.71. The molecule has 1 amide bonds. The molecule has 0 unspecified atom stereocenters. The number of amides is 1. The van der Waals surface area contributed by atoms with Crippen LogP contribution in [0.2, 0.25) is 0 Å². The molecular formula is C17H18F3N3O3. The number of carbonyl (C=O) groups is 2. The van der Waals surface area contributed by atoms with Gasteiger partial charge in [0.15, 0.2) is 5.69 Å². The second kappa shape index (κ2) is 6.81. The van der Waals surface area contributed by atoms with Crippen molar-refractivity contribution in [2.75, 3.05) is 5.32 Å². The van der Waals surface area contributed by atoms with E-state index in [0.29, 0.717) is 17.3 Å². The van der Waals surface area contributed by atoms with Crippen molar-refractivity contribution in [2.24, 2.45) is 5.41 Å². The highest BCUT2D eigenvalue weighted by molar-refractivity contribution is 5.95. The normalized spacial score (nSPS) is 12.1. The molecule has 1 aromatic heterocycles. The number of carboxylic acid groups (broad SMARTS) is 1. The molecule has 0 atom stereocenters. The monoisotopic (exact) mass is 369 g/mol. The summed E-state index contributed by atoms with van der Waals surface area (Å²) in [4.78, 5) is 23.3. The Labute approximate surface area is 147 Å². The molecule has 6 nitrogen and oxygen atoms in total. The number of nitrogens with zero attached hydrogens (tertiary/aromatic N) is 2. The number of rotatable bonds is 5. The highest BCUT2D eigenvalue weighted by Crippen LogP contribution is 2.34. The fraction of sp³-hybridized carbons (Fsp3) is 0.353. The molecule has 0 aliphatic carbocycles. The molecule has 9 heteroatoms. The summed E-state index contributed by atoms with van der Waals surface area (Å²) in [7, 11) is 0. The van der Waals surface area contributed by atoms with E-state index in [2.05, 4.69) is 10.4 Å². The zero-order valence-corrected chi connectivity index (χ0v) is 14.4. The molecule has 26 heavy (non-hydrogen) atoms. The topological polar surface area (TPSA) is 84.2 Å². The van der Waals surface area contributed by atoms with Crippen LogP contribution in [0.15, 0.2) is 30.5 Å². The van der Waals surface area contributed by atoms with Crippen molar-refractivity contribution < 1.29 is 27.9 Å². The number of carbonyl (C=O) groups excluding carboxylic acids is 1. The Bertz CT molecular complexity index is 841. The second-order valence-corrected chi connectivity index (χ2v) is 6.36. The number of alkyl halides is 3. The Morgan fingerprint density at radius 2 is 1.92 bits per heavy atom. The zero-order valence-electron chi connectivity index (χ0n) is 14.4. The lowest BCUT2D eigenvalue weighted by atomic mass is 9.89. The number of benzene rings is 1. The minimum Gasteiger partial charge on any atom is -0.478 e. The lowest BCUT2D eigenvalue weighted by Crippen LogP contribution is -2.30. The largest absolute Gasteiger partial charge is 0.478 e. The molecule has 2 N–H and O–H groups in total. The summed E-state index contributed by atoms with van der Waals surface area (Å²) in [5, 5.41) is 15.2. The van der Waals surface area contributed by atoms with Crippen molar-refractivity contribution >= 4 is 17.6 Å². The van der Waals surface area contributed by atoms with Gasteiger partial charge >= 0.3 is 12.1 Å². The van der Waals surface area contributed by atoms with E-state index in [0.717, 1.165) is 0 Å². The molecule has 0 saturated carbocycles. The number of nitrogens with one attached hydrogen (secondary N) is 1. The van der Waals surface area contributed by atoms with Gasteiger partial charge in [0.25, 0.3) is 0 Å². The van der Waals surface area contributed by atoms with Crippen LogP contribution in [0.4, 0.5) is 18.9 Å². The van der Waals surface area contributed by atoms with E-state index in [1.165, 1.54) is 24.3 Å². The van der Waals surface area contributed by atoms with Crippen molar-refractivity contribution in [2.45, 2.75) is 33.4 Å². The van der Waals surface area contributed by atoms with Gasteiger partial charge in [-0.05, 0) is 24.6 Å². The predicted molar refractivity (Wildman–Crippen MR) is 88.2 cm³/mol. The van der Waals surface area contributed by atoms with Crippen molar-refractivity contribution in [1.82, 2.24) is 9.78 Å². The fourth-order valence-electron chi connectivity index (χ4n) is 2.15. The fourth-order valence-corrected chi connectivity index (χ4v) is 2.15. The van der Waals surface area contributed by atoms with E-state index in [4.69, 9.17) is 5.11 Å². The first-order chi connectivity index (χ1) is 12.0. The molecule has 0 fully saturated rings. The van der Waals surface area contributed by atoms with Gasteiger partial charge in [0, 0.05) is 11.1 Å². The Balaban J connectivity index is 2.46. The van der Waals surface area contributed by atoms with Crippen molar-refractivity contribution in [1.29, 1.82) is 0 Å². The van der Waals surface area contributed by atoms with Crippen LogP contribution in [0.1, 0.15) is 43.2 Å². The van der Waals surface area contributed by atoms with E-state index >= 15 is 0 Å². The van der Waals surface area contributed by atoms with Gasteiger partial charge < -0.3 is 10.4 Å². The van der Waals surface area contributed by atoms with Gasteiger partial charge in [-0.15, -0.1) is 0 Å². The van der Waals surface area contributed by atoms with Gasteiger partial charge in [-0.3, -0.25) is 4.79 Å². The summed E-state index contributed by atoms with van der Waals surface area (Å²) in [5.74, 6) is -2.00. The second-order valence-electron chi connectivity index (χ2n) is 6.36. The maximum atomic E-state index is 13.3. The van der Waals surface area contributed by atoms with E-state index in [1.807, 2.05) is 6.92 Å². The predicted octanol–water partition coefficient (Wildman–Crippen LogP) is 3.96. The maximum absolute atomic E-state index is 13.3. The van der Waals surface area contributed by atoms with Crippen molar-refractivity contribution in [3.63, 3.8) is 0 Å². The summed E-state index contributed by atoms with van der Waals surface area (Å²) < 4.78 is 40.4. The molecule has 1 aromatic carbocycles. The Hall–Kier alpha value is -2.84. The average Bonchev–Trinajstić information content (AvgIpc) is 3.00.